The number of nitro benzene ring substituents is 1. The molecule has 0 N–H and O–H groups in total. The Bertz CT molecular complexity index is 728. The minimum absolute atomic E-state index is 0.0962. The van der Waals surface area contributed by atoms with E-state index in [1.807, 2.05) is 0 Å². The molecule has 0 bridgehead atoms. The molecule has 0 aliphatic carbocycles. The number of hydrogen-bond acceptors (Lipinski definition) is 4. The Kier molecular flexibility index (Phi) is 3.96. The van der Waals surface area contributed by atoms with Gasteiger partial charge in [-0.05, 0) is 40.2 Å². The van der Waals surface area contributed by atoms with Crippen LogP contribution in [0.1, 0.15) is 5.56 Å². The summed E-state index contributed by atoms with van der Waals surface area (Å²) in [7, 11) is 0. The van der Waals surface area contributed by atoms with Crippen LogP contribution in [0.2, 0.25) is 0 Å². The summed E-state index contributed by atoms with van der Waals surface area (Å²) in [6.07, 6.45) is 0. The second kappa shape index (κ2) is 5.67. The molecule has 0 radical (unpaired) electrons. The van der Waals surface area contributed by atoms with E-state index in [4.69, 9.17) is 10.00 Å². The van der Waals surface area contributed by atoms with Crippen molar-refractivity contribution in [2.24, 2.45) is 0 Å². The van der Waals surface area contributed by atoms with Crippen LogP contribution in [-0.4, -0.2) is 4.92 Å². The lowest BCUT2D eigenvalue weighted by atomic mass is 10.2. The molecule has 0 fully saturated rings. The number of hydrogen-bond donors (Lipinski definition) is 0. The lowest BCUT2D eigenvalue weighted by Crippen LogP contribution is -1.96. The molecule has 0 amide bonds. The van der Waals surface area contributed by atoms with Crippen molar-refractivity contribution in [1.82, 2.24) is 0 Å². The van der Waals surface area contributed by atoms with Crippen LogP contribution in [0.5, 0.6) is 11.5 Å². The minimum atomic E-state index is -0.769. The molecule has 0 aromatic heterocycles. The summed E-state index contributed by atoms with van der Waals surface area (Å²) in [4.78, 5) is 10.3. The van der Waals surface area contributed by atoms with Crippen molar-refractivity contribution in [3.8, 4) is 17.6 Å². The van der Waals surface area contributed by atoms with E-state index in [9.17, 15) is 14.5 Å². The van der Waals surface area contributed by atoms with E-state index in [0.29, 0.717) is 4.47 Å². The van der Waals surface area contributed by atoms with Gasteiger partial charge < -0.3 is 4.74 Å². The van der Waals surface area contributed by atoms with E-state index in [2.05, 4.69) is 15.9 Å². The molecule has 100 valence electrons. The Hall–Kier alpha value is -2.46. The van der Waals surface area contributed by atoms with Gasteiger partial charge in [-0.3, -0.25) is 10.1 Å². The highest BCUT2D eigenvalue weighted by molar-refractivity contribution is 9.10. The van der Waals surface area contributed by atoms with Crippen molar-refractivity contribution in [2.75, 3.05) is 0 Å². The van der Waals surface area contributed by atoms with E-state index in [1.165, 1.54) is 24.3 Å². The van der Waals surface area contributed by atoms with E-state index < -0.39 is 10.7 Å². The van der Waals surface area contributed by atoms with Crippen molar-refractivity contribution in [2.45, 2.75) is 0 Å². The Balaban J connectivity index is 2.45. The SMILES string of the molecule is N#Cc1ccc(Oc2c(Br)cccc2[N+](=O)[O-])c(F)c1. The van der Waals surface area contributed by atoms with E-state index >= 15 is 0 Å². The maximum atomic E-state index is 13.7. The molecule has 2 aromatic rings. The molecule has 0 heterocycles. The zero-order valence-corrected chi connectivity index (χ0v) is 11.4. The van der Waals surface area contributed by atoms with Gasteiger partial charge in [0.05, 0.1) is 21.0 Å². The predicted molar refractivity (Wildman–Crippen MR) is 72.0 cm³/mol. The molecule has 0 unspecified atom stereocenters. The van der Waals surface area contributed by atoms with Gasteiger partial charge in [0, 0.05) is 6.07 Å². The molecule has 2 aromatic carbocycles. The first-order chi connectivity index (χ1) is 9.52. The third-order valence-electron chi connectivity index (χ3n) is 2.42. The number of nitrogens with zero attached hydrogens (tertiary/aromatic N) is 2. The summed E-state index contributed by atoms with van der Waals surface area (Å²) in [6.45, 7) is 0. The van der Waals surface area contributed by atoms with Crippen LogP contribution in [0.15, 0.2) is 40.9 Å². The lowest BCUT2D eigenvalue weighted by Gasteiger charge is -2.09. The number of halogens is 2. The zero-order valence-electron chi connectivity index (χ0n) is 9.84. The molecule has 0 aliphatic rings. The van der Waals surface area contributed by atoms with Crippen LogP contribution >= 0.6 is 15.9 Å². The topological polar surface area (TPSA) is 76.2 Å². The number of para-hydroxylation sites is 1. The van der Waals surface area contributed by atoms with Gasteiger partial charge in [-0.2, -0.15) is 5.26 Å². The Morgan fingerprint density at radius 2 is 2.10 bits per heavy atom. The Morgan fingerprint density at radius 1 is 1.35 bits per heavy atom. The summed E-state index contributed by atoms with van der Waals surface area (Å²) >= 11 is 3.12. The van der Waals surface area contributed by atoms with Gasteiger partial charge in [0.1, 0.15) is 0 Å². The maximum Gasteiger partial charge on any atom is 0.312 e. The average Bonchev–Trinajstić information content (AvgIpc) is 2.42. The third-order valence-corrected chi connectivity index (χ3v) is 3.04. The molecule has 20 heavy (non-hydrogen) atoms. The molecular formula is C13H6BrFN2O3. The Labute approximate surface area is 121 Å². The zero-order chi connectivity index (χ0) is 14.7. The third kappa shape index (κ3) is 2.75. The number of benzene rings is 2. The molecule has 0 saturated carbocycles. The first-order valence-corrected chi connectivity index (χ1v) is 6.12. The average molecular weight is 337 g/mol. The normalized spacial score (nSPS) is 9.85. The van der Waals surface area contributed by atoms with E-state index in [1.54, 1.807) is 12.1 Å². The monoisotopic (exact) mass is 336 g/mol. The number of nitro groups is 1. The van der Waals surface area contributed by atoms with Gasteiger partial charge in [-0.25, -0.2) is 4.39 Å². The largest absolute Gasteiger partial charge is 0.446 e. The summed E-state index contributed by atoms with van der Waals surface area (Å²) in [6, 6.07) is 9.67. The highest BCUT2D eigenvalue weighted by Gasteiger charge is 2.20. The lowest BCUT2D eigenvalue weighted by molar-refractivity contribution is -0.385. The molecule has 2 rings (SSSR count). The fraction of sp³-hybridized carbons (Fsp3) is 0. The fourth-order valence-electron chi connectivity index (χ4n) is 1.51. The summed E-state index contributed by atoms with van der Waals surface area (Å²) in [5, 5.41) is 19.6. The highest BCUT2D eigenvalue weighted by Crippen LogP contribution is 2.38. The van der Waals surface area contributed by atoms with Crippen molar-refractivity contribution in [1.29, 1.82) is 5.26 Å². The first kappa shape index (κ1) is 14.0. The molecule has 0 saturated heterocycles. The van der Waals surface area contributed by atoms with Gasteiger partial charge >= 0.3 is 5.69 Å². The summed E-state index contributed by atoms with van der Waals surface area (Å²) < 4.78 is 19.3. The number of nitriles is 1. The summed E-state index contributed by atoms with van der Waals surface area (Å²) in [5.41, 5.74) is -0.153. The van der Waals surface area contributed by atoms with Crippen molar-refractivity contribution >= 4 is 21.6 Å². The van der Waals surface area contributed by atoms with Crippen LogP contribution in [0, 0.1) is 27.3 Å². The van der Waals surface area contributed by atoms with E-state index in [0.717, 1.165) is 6.07 Å². The maximum absolute atomic E-state index is 13.7. The highest BCUT2D eigenvalue weighted by atomic mass is 79.9. The van der Waals surface area contributed by atoms with Crippen molar-refractivity contribution < 1.29 is 14.1 Å². The molecule has 0 aliphatic heterocycles. The molecule has 0 atom stereocenters. The number of ether oxygens (including phenoxy) is 1. The van der Waals surface area contributed by atoms with Crippen LogP contribution < -0.4 is 4.74 Å². The second-order valence-corrected chi connectivity index (χ2v) is 4.56. The van der Waals surface area contributed by atoms with Gasteiger partial charge in [0.15, 0.2) is 11.6 Å². The van der Waals surface area contributed by atoms with Crippen LogP contribution in [-0.2, 0) is 0 Å². The number of rotatable bonds is 3. The second-order valence-electron chi connectivity index (χ2n) is 3.70. The van der Waals surface area contributed by atoms with Gasteiger partial charge in [-0.15, -0.1) is 0 Å². The Morgan fingerprint density at radius 3 is 2.70 bits per heavy atom. The quantitative estimate of drug-likeness (QED) is 0.622. The van der Waals surface area contributed by atoms with Crippen molar-refractivity contribution in [3.63, 3.8) is 0 Å². The van der Waals surface area contributed by atoms with E-state index in [-0.39, 0.29) is 22.7 Å². The van der Waals surface area contributed by atoms with Crippen molar-refractivity contribution in [3.05, 3.63) is 62.4 Å². The van der Waals surface area contributed by atoms with Crippen LogP contribution in [0.3, 0.4) is 0 Å². The molecule has 0 spiro atoms. The molecular weight excluding hydrogens is 331 g/mol. The van der Waals surface area contributed by atoms with Gasteiger partial charge in [0.25, 0.3) is 0 Å². The van der Waals surface area contributed by atoms with Gasteiger partial charge in [0.2, 0.25) is 5.75 Å². The summed E-state index contributed by atoms with van der Waals surface area (Å²) in [5.74, 6) is -1.06. The minimum Gasteiger partial charge on any atom is -0.446 e. The smallest absolute Gasteiger partial charge is 0.312 e. The first-order valence-electron chi connectivity index (χ1n) is 5.33. The molecule has 7 heteroatoms. The fourth-order valence-corrected chi connectivity index (χ4v) is 1.94. The van der Waals surface area contributed by atoms with Crippen LogP contribution in [0.25, 0.3) is 0 Å². The van der Waals surface area contributed by atoms with Gasteiger partial charge in [-0.1, -0.05) is 6.07 Å². The predicted octanol–water partition coefficient (Wildman–Crippen LogP) is 4.16. The van der Waals surface area contributed by atoms with Crippen LogP contribution in [0.4, 0.5) is 10.1 Å². The molecule has 5 nitrogen and oxygen atoms in total. The standard InChI is InChI=1S/C13H6BrFN2O3/c14-9-2-1-3-11(17(18)19)13(9)20-12-5-4-8(7-16)6-10(12)15/h1-6H.